The van der Waals surface area contributed by atoms with E-state index in [0.717, 1.165) is 15.5 Å². The molecule has 2 aromatic heterocycles. The third kappa shape index (κ3) is 6.25. The van der Waals surface area contributed by atoms with Crippen molar-refractivity contribution in [1.29, 1.82) is 0 Å². The second-order valence-electron chi connectivity index (χ2n) is 5.94. The highest BCUT2D eigenvalue weighted by Gasteiger charge is 2.17. The average molecular weight is 447 g/mol. The first-order valence-corrected chi connectivity index (χ1v) is 11.4. The number of nitrogens with one attached hydrogen (secondary N) is 1. The second kappa shape index (κ2) is 10.3. The molecule has 2 heterocycles. The molecule has 9 heteroatoms. The summed E-state index contributed by atoms with van der Waals surface area (Å²) in [7, 11) is 0. The van der Waals surface area contributed by atoms with Gasteiger partial charge in [0.25, 0.3) is 0 Å². The number of hydrogen-bond acceptors (Lipinski definition) is 8. The van der Waals surface area contributed by atoms with E-state index in [-0.39, 0.29) is 18.3 Å². The number of esters is 1. The molecule has 0 fully saturated rings. The van der Waals surface area contributed by atoms with Crippen molar-refractivity contribution in [2.24, 2.45) is 0 Å². The first-order chi connectivity index (χ1) is 14.0. The van der Waals surface area contributed by atoms with Gasteiger partial charge in [-0.1, -0.05) is 12.1 Å². The summed E-state index contributed by atoms with van der Waals surface area (Å²) in [6.45, 7) is 1.48. The van der Waals surface area contributed by atoms with Gasteiger partial charge in [-0.25, -0.2) is 9.78 Å². The summed E-state index contributed by atoms with van der Waals surface area (Å²) < 4.78 is 5.25. The minimum Gasteiger partial charge on any atom is -0.454 e. The first-order valence-electron chi connectivity index (χ1n) is 8.65. The van der Waals surface area contributed by atoms with Crippen LogP contribution in [0.1, 0.15) is 37.5 Å². The zero-order valence-electron chi connectivity index (χ0n) is 15.5. The van der Waals surface area contributed by atoms with E-state index in [1.54, 1.807) is 29.8 Å². The summed E-state index contributed by atoms with van der Waals surface area (Å²) in [6, 6.07) is 10.6. The average Bonchev–Trinajstić information content (AvgIpc) is 3.41. The summed E-state index contributed by atoms with van der Waals surface area (Å²) in [5, 5.41) is 4.65. The molecular formula is C20H18N2O4S3. The van der Waals surface area contributed by atoms with Crippen LogP contribution in [0, 0.1) is 0 Å². The molecule has 1 N–H and O–H groups in total. The number of thioether (sulfide) groups is 1. The van der Waals surface area contributed by atoms with E-state index in [1.807, 2.05) is 17.5 Å². The summed E-state index contributed by atoms with van der Waals surface area (Å²) >= 11 is 4.30. The Morgan fingerprint density at radius 1 is 1.17 bits per heavy atom. The van der Waals surface area contributed by atoms with Crippen LogP contribution in [0.3, 0.4) is 0 Å². The molecular weight excluding hydrogens is 428 g/mol. The number of hydrogen-bond donors (Lipinski definition) is 1. The van der Waals surface area contributed by atoms with Gasteiger partial charge in [0, 0.05) is 27.8 Å². The summed E-state index contributed by atoms with van der Waals surface area (Å²) in [5.74, 6) is -0.287. The fraction of sp³-hybridized carbons (Fsp3) is 0.200. The SMILES string of the molecule is CC(=O)NCc1ccc(C(=O)COC(=O)c2ccccc2SCc2cscn2)s1. The van der Waals surface area contributed by atoms with E-state index in [4.69, 9.17) is 4.74 Å². The Hall–Kier alpha value is -2.49. The molecule has 150 valence electrons. The standard InChI is InChI=1S/C20H18N2O4S3/c1-13(23)21-8-15-6-7-19(29-15)17(24)9-26-20(25)16-4-2-3-5-18(16)28-11-14-10-27-12-22-14/h2-7,10,12H,8-9,11H2,1H3,(H,21,23). The Morgan fingerprint density at radius 2 is 2.00 bits per heavy atom. The highest BCUT2D eigenvalue weighted by molar-refractivity contribution is 7.98. The number of amides is 1. The van der Waals surface area contributed by atoms with Crippen molar-refractivity contribution in [3.8, 4) is 0 Å². The van der Waals surface area contributed by atoms with Gasteiger partial charge in [-0.05, 0) is 24.3 Å². The number of Topliss-reactive ketones (excluding diaryl/α,β-unsaturated/α-hetero) is 1. The number of aromatic nitrogens is 1. The maximum atomic E-state index is 12.5. The van der Waals surface area contributed by atoms with Crippen LogP contribution in [0.15, 0.2) is 52.2 Å². The van der Waals surface area contributed by atoms with Crippen molar-refractivity contribution < 1.29 is 19.1 Å². The Morgan fingerprint density at radius 3 is 2.76 bits per heavy atom. The quantitative estimate of drug-likeness (QED) is 0.302. The van der Waals surface area contributed by atoms with E-state index in [1.165, 1.54) is 41.4 Å². The van der Waals surface area contributed by atoms with Crippen LogP contribution in [-0.2, 0) is 21.8 Å². The van der Waals surface area contributed by atoms with Gasteiger partial charge in [0.15, 0.2) is 6.61 Å². The lowest BCUT2D eigenvalue weighted by atomic mass is 10.2. The molecule has 3 aromatic rings. The van der Waals surface area contributed by atoms with Crippen molar-refractivity contribution in [2.75, 3.05) is 6.61 Å². The maximum absolute atomic E-state index is 12.5. The molecule has 1 amide bonds. The normalized spacial score (nSPS) is 10.5. The molecule has 6 nitrogen and oxygen atoms in total. The zero-order valence-corrected chi connectivity index (χ0v) is 18.0. The van der Waals surface area contributed by atoms with Gasteiger partial charge in [-0.15, -0.1) is 34.4 Å². The molecule has 0 aliphatic heterocycles. The van der Waals surface area contributed by atoms with E-state index >= 15 is 0 Å². The van der Waals surface area contributed by atoms with Crippen molar-refractivity contribution in [3.63, 3.8) is 0 Å². The largest absolute Gasteiger partial charge is 0.454 e. The van der Waals surface area contributed by atoms with Crippen LogP contribution >= 0.6 is 34.4 Å². The number of nitrogens with zero attached hydrogens (tertiary/aromatic N) is 1. The fourth-order valence-electron chi connectivity index (χ4n) is 2.34. The molecule has 0 saturated carbocycles. The summed E-state index contributed by atoms with van der Waals surface area (Å²) in [4.78, 5) is 42.2. The van der Waals surface area contributed by atoms with Gasteiger partial charge in [-0.2, -0.15) is 0 Å². The third-order valence-electron chi connectivity index (χ3n) is 3.75. The molecule has 0 aliphatic rings. The highest BCUT2D eigenvalue weighted by Crippen LogP contribution is 2.27. The molecule has 0 spiro atoms. The zero-order chi connectivity index (χ0) is 20.6. The molecule has 1 aromatic carbocycles. The molecule has 0 aliphatic carbocycles. The number of carbonyl (C=O) groups excluding carboxylic acids is 3. The topological polar surface area (TPSA) is 85.4 Å². The van der Waals surface area contributed by atoms with Gasteiger partial charge in [0.2, 0.25) is 11.7 Å². The minimum atomic E-state index is -0.533. The highest BCUT2D eigenvalue weighted by atomic mass is 32.2. The predicted molar refractivity (Wildman–Crippen MR) is 115 cm³/mol. The number of ether oxygens (including phenoxy) is 1. The number of rotatable bonds is 9. The molecule has 0 atom stereocenters. The van der Waals surface area contributed by atoms with Gasteiger partial charge < -0.3 is 10.1 Å². The lowest BCUT2D eigenvalue weighted by Crippen LogP contribution is -2.18. The van der Waals surface area contributed by atoms with Gasteiger partial charge in [-0.3, -0.25) is 9.59 Å². The fourth-order valence-corrected chi connectivity index (χ4v) is 4.81. The minimum absolute atomic E-state index is 0.133. The van der Waals surface area contributed by atoms with E-state index in [2.05, 4.69) is 10.3 Å². The van der Waals surface area contributed by atoms with Gasteiger partial charge >= 0.3 is 5.97 Å². The molecule has 0 bridgehead atoms. The number of thiophene rings is 1. The van der Waals surface area contributed by atoms with Crippen LogP contribution in [0.4, 0.5) is 0 Å². The Balaban J connectivity index is 1.56. The number of benzene rings is 1. The van der Waals surface area contributed by atoms with Gasteiger partial charge in [0.05, 0.1) is 28.2 Å². The Kier molecular flexibility index (Phi) is 7.56. The Labute approximate surface area is 180 Å². The van der Waals surface area contributed by atoms with E-state index < -0.39 is 5.97 Å². The predicted octanol–water partition coefficient (Wildman–Crippen LogP) is 4.17. The smallest absolute Gasteiger partial charge is 0.339 e. The molecule has 0 unspecified atom stereocenters. The Bertz CT molecular complexity index is 999. The number of ketones is 1. The molecule has 0 radical (unpaired) electrons. The second-order valence-corrected chi connectivity index (χ2v) is 8.84. The van der Waals surface area contributed by atoms with Crippen LogP contribution in [-0.4, -0.2) is 29.3 Å². The van der Waals surface area contributed by atoms with Crippen molar-refractivity contribution >= 4 is 52.1 Å². The van der Waals surface area contributed by atoms with Crippen LogP contribution < -0.4 is 5.32 Å². The number of carbonyl (C=O) groups is 3. The van der Waals surface area contributed by atoms with Crippen molar-refractivity contribution in [3.05, 3.63) is 68.3 Å². The van der Waals surface area contributed by atoms with E-state index in [9.17, 15) is 14.4 Å². The monoisotopic (exact) mass is 446 g/mol. The maximum Gasteiger partial charge on any atom is 0.339 e. The lowest BCUT2D eigenvalue weighted by molar-refractivity contribution is -0.119. The van der Waals surface area contributed by atoms with Gasteiger partial charge in [0.1, 0.15) is 0 Å². The van der Waals surface area contributed by atoms with E-state index in [0.29, 0.717) is 22.7 Å². The van der Waals surface area contributed by atoms with Crippen LogP contribution in [0.2, 0.25) is 0 Å². The van der Waals surface area contributed by atoms with Crippen LogP contribution in [0.5, 0.6) is 0 Å². The van der Waals surface area contributed by atoms with Crippen LogP contribution in [0.25, 0.3) is 0 Å². The molecule has 0 saturated heterocycles. The third-order valence-corrected chi connectivity index (χ3v) is 6.62. The number of thiazole rings is 1. The van der Waals surface area contributed by atoms with Crippen molar-refractivity contribution in [2.45, 2.75) is 24.1 Å². The van der Waals surface area contributed by atoms with Crippen molar-refractivity contribution in [1.82, 2.24) is 10.3 Å². The lowest BCUT2D eigenvalue weighted by Gasteiger charge is -2.08. The first kappa shape index (κ1) is 21.2. The summed E-state index contributed by atoms with van der Waals surface area (Å²) in [5.41, 5.74) is 3.15. The molecule has 3 rings (SSSR count). The molecule has 29 heavy (non-hydrogen) atoms. The summed E-state index contributed by atoms with van der Waals surface area (Å²) in [6.07, 6.45) is 0.